The Labute approximate surface area is 171 Å². The number of aromatic carboxylic acids is 1. The van der Waals surface area contributed by atoms with E-state index in [1.54, 1.807) is 31.2 Å². The van der Waals surface area contributed by atoms with Gasteiger partial charge in [-0.3, -0.25) is 0 Å². The lowest BCUT2D eigenvalue weighted by Crippen LogP contribution is -2.05. The Balaban J connectivity index is 2.15. The number of ether oxygens (including phenoxy) is 1. The molecular formula is C22H19F3N2O3. The SMILES string of the molecule is CCO/C=C/c1cc(C(=O)O)ccc1-c1nc(C(F)(F)F)cn1Cc1ccccc1. The van der Waals surface area contributed by atoms with E-state index in [0.29, 0.717) is 17.7 Å². The summed E-state index contributed by atoms with van der Waals surface area (Å²) in [7, 11) is 0. The first-order valence-corrected chi connectivity index (χ1v) is 9.13. The third kappa shape index (κ3) is 4.89. The smallest absolute Gasteiger partial charge is 0.434 e. The van der Waals surface area contributed by atoms with Gasteiger partial charge in [0, 0.05) is 18.3 Å². The number of hydrogen-bond donors (Lipinski definition) is 1. The zero-order chi connectivity index (χ0) is 21.7. The highest BCUT2D eigenvalue weighted by atomic mass is 19.4. The number of imidazole rings is 1. The molecule has 0 atom stereocenters. The summed E-state index contributed by atoms with van der Waals surface area (Å²) < 4.78 is 46.7. The summed E-state index contributed by atoms with van der Waals surface area (Å²) in [5, 5.41) is 9.28. The molecule has 156 valence electrons. The molecular weight excluding hydrogens is 397 g/mol. The molecule has 0 spiro atoms. The van der Waals surface area contributed by atoms with Crippen molar-refractivity contribution in [2.45, 2.75) is 19.6 Å². The van der Waals surface area contributed by atoms with E-state index >= 15 is 0 Å². The lowest BCUT2D eigenvalue weighted by Gasteiger charge is -2.11. The van der Waals surface area contributed by atoms with Gasteiger partial charge >= 0.3 is 12.1 Å². The Bertz CT molecular complexity index is 1060. The summed E-state index contributed by atoms with van der Waals surface area (Å²) >= 11 is 0. The number of carboxylic acids is 1. The third-order valence-corrected chi connectivity index (χ3v) is 4.31. The Morgan fingerprint density at radius 1 is 1.20 bits per heavy atom. The molecule has 0 aliphatic heterocycles. The molecule has 1 N–H and O–H groups in total. The number of halogens is 3. The Hall–Kier alpha value is -3.55. The second-order valence-electron chi connectivity index (χ2n) is 6.43. The van der Waals surface area contributed by atoms with Crippen LogP contribution in [0.4, 0.5) is 13.2 Å². The summed E-state index contributed by atoms with van der Waals surface area (Å²) in [5.74, 6) is -1.06. The van der Waals surface area contributed by atoms with Crippen LogP contribution < -0.4 is 0 Å². The number of aromatic nitrogens is 2. The van der Waals surface area contributed by atoms with Gasteiger partial charge in [-0.15, -0.1) is 0 Å². The average Bonchev–Trinajstić information content (AvgIpc) is 3.13. The van der Waals surface area contributed by atoms with E-state index < -0.39 is 17.8 Å². The lowest BCUT2D eigenvalue weighted by atomic mass is 10.0. The number of benzene rings is 2. The number of carbonyl (C=O) groups is 1. The van der Waals surface area contributed by atoms with Crippen LogP contribution in [-0.4, -0.2) is 27.2 Å². The largest absolute Gasteiger partial charge is 0.501 e. The van der Waals surface area contributed by atoms with Crippen LogP contribution in [0.3, 0.4) is 0 Å². The maximum atomic E-state index is 13.4. The molecule has 0 saturated heterocycles. The molecule has 1 aromatic heterocycles. The zero-order valence-electron chi connectivity index (χ0n) is 16.1. The van der Waals surface area contributed by atoms with Gasteiger partial charge in [0.25, 0.3) is 0 Å². The molecule has 0 unspecified atom stereocenters. The highest BCUT2D eigenvalue weighted by molar-refractivity contribution is 5.90. The third-order valence-electron chi connectivity index (χ3n) is 4.31. The predicted octanol–water partition coefficient (Wildman–Crippen LogP) is 5.32. The quantitative estimate of drug-likeness (QED) is 0.530. The van der Waals surface area contributed by atoms with Crippen molar-refractivity contribution >= 4 is 12.0 Å². The van der Waals surface area contributed by atoms with Crippen LogP contribution in [0.25, 0.3) is 17.5 Å². The summed E-state index contributed by atoms with van der Waals surface area (Å²) in [6, 6.07) is 13.2. The van der Waals surface area contributed by atoms with E-state index in [1.807, 2.05) is 6.07 Å². The second kappa shape index (κ2) is 8.86. The molecule has 0 radical (unpaired) electrons. The molecule has 0 saturated carbocycles. The van der Waals surface area contributed by atoms with Crippen molar-refractivity contribution in [3.63, 3.8) is 0 Å². The van der Waals surface area contributed by atoms with Crippen molar-refractivity contribution in [3.05, 3.63) is 83.4 Å². The fraction of sp³-hybridized carbons (Fsp3) is 0.182. The van der Waals surface area contributed by atoms with E-state index in [-0.39, 0.29) is 17.9 Å². The minimum absolute atomic E-state index is 0.00658. The molecule has 0 bridgehead atoms. The van der Waals surface area contributed by atoms with E-state index in [4.69, 9.17) is 4.74 Å². The summed E-state index contributed by atoms with van der Waals surface area (Å²) in [6.45, 7) is 2.35. The van der Waals surface area contributed by atoms with Crippen LogP contribution in [0.15, 0.2) is 61.0 Å². The number of hydrogen-bond acceptors (Lipinski definition) is 3. The molecule has 0 amide bonds. The fourth-order valence-electron chi connectivity index (χ4n) is 2.92. The minimum Gasteiger partial charge on any atom is -0.501 e. The predicted molar refractivity (Wildman–Crippen MR) is 106 cm³/mol. The van der Waals surface area contributed by atoms with Crippen LogP contribution in [0.5, 0.6) is 0 Å². The van der Waals surface area contributed by atoms with Gasteiger partial charge in [-0.25, -0.2) is 9.78 Å². The van der Waals surface area contributed by atoms with Crippen molar-refractivity contribution < 1.29 is 27.8 Å². The van der Waals surface area contributed by atoms with Gasteiger partial charge < -0.3 is 14.4 Å². The highest BCUT2D eigenvalue weighted by Crippen LogP contribution is 2.33. The van der Waals surface area contributed by atoms with Crippen molar-refractivity contribution in [1.82, 2.24) is 9.55 Å². The zero-order valence-corrected chi connectivity index (χ0v) is 16.1. The lowest BCUT2D eigenvalue weighted by molar-refractivity contribution is -0.140. The molecule has 30 heavy (non-hydrogen) atoms. The Morgan fingerprint density at radius 2 is 1.93 bits per heavy atom. The van der Waals surface area contributed by atoms with Crippen LogP contribution in [0.1, 0.15) is 34.1 Å². The normalized spacial score (nSPS) is 11.7. The highest BCUT2D eigenvalue weighted by Gasteiger charge is 2.35. The van der Waals surface area contributed by atoms with Crippen LogP contribution in [0.2, 0.25) is 0 Å². The number of carboxylic acid groups (broad SMARTS) is 1. The minimum atomic E-state index is -4.61. The van der Waals surface area contributed by atoms with Crippen molar-refractivity contribution in [3.8, 4) is 11.4 Å². The molecule has 0 aliphatic rings. The second-order valence-corrected chi connectivity index (χ2v) is 6.43. The Kier molecular flexibility index (Phi) is 6.25. The van der Waals surface area contributed by atoms with Crippen LogP contribution in [-0.2, 0) is 17.5 Å². The van der Waals surface area contributed by atoms with Gasteiger partial charge in [-0.1, -0.05) is 30.3 Å². The molecule has 2 aromatic carbocycles. The maximum Gasteiger partial charge on any atom is 0.434 e. The van der Waals surface area contributed by atoms with Crippen LogP contribution >= 0.6 is 0 Å². The van der Waals surface area contributed by atoms with Gasteiger partial charge in [-0.2, -0.15) is 13.2 Å². The monoisotopic (exact) mass is 416 g/mol. The van der Waals surface area contributed by atoms with E-state index in [2.05, 4.69) is 4.98 Å². The maximum absolute atomic E-state index is 13.4. The van der Waals surface area contributed by atoms with Gasteiger partial charge in [0.15, 0.2) is 5.69 Å². The van der Waals surface area contributed by atoms with Crippen molar-refractivity contribution in [2.75, 3.05) is 6.61 Å². The first kappa shape index (κ1) is 21.2. The first-order valence-electron chi connectivity index (χ1n) is 9.13. The fourth-order valence-corrected chi connectivity index (χ4v) is 2.92. The molecule has 3 rings (SSSR count). The van der Waals surface area contributed by atoms with Gasteiger partial charge in [0.05, 0.1) is 18.4 Å². The first-order chi connectivity index (χ1) is 14.3. The molecule has 1 heterocycles. The standard InChI is InChI=1S/C22H19F3N2O3/c1-2-30-11-10-16-12-17(21(28)29)8-9-18(16)20-26-19(22(23,24)25)14-27(20)13-15-6-4-3-5-7-15/h3-12,14H,2,13H2,1H3,(H,28,29)/b11-10+. The van der Waals surface area contributed by atoms with Crippen molar-refractivity contribution in [1.29, 1.82) is 0 Å². The number of alkyl halides is 3. The van der Waals surface area contributed by atoms with Gasteiger partial charge in [-0.05, 0) is 42.3 Å². The summed E-state index contributed by atoms with van der Waals surface area (Å²) in [4.78, 5) is 15.2. The van der Waals surface area contributed by atoms with Gasteiger partial charge in [0.2, 0.25) is 0 Å². The number of rotatable bonds is 7. The Morgan fingerprint density at radius 3 is 2.57 bits per heavy atom. The average molecular weight is 416 g/mol. The molecule has 8 heteroatoms. The molecule has 5 nitrogen and oxygen atoms in total. The summed E-state index contributed by atoms with van der Waals surface area (Å²) in [6.07, 6.45) is -0.762. The molecule has 3 aromatic rings. The van der Waals surface area contributed by atoms with Crippen molar-refractivity contribution in [2.24, 2.45) is 0 Å². The molecule has 0 aliphatic carbocycles. The van der Waals surface area contributed by atoms with E-state index in [1.165, 1.54) is 35.1 Å². The summed E-state index contributed by atoms with van der Waals surface area (Å²) in [5.41, 5.74) is 0.542. The van der Waals surface area contributed by atoms with E-state index in [0.717, 1.165) is 11.8 Å². The van der Waals surface area contributed by atoms with Gasteiger partial charge in [0.1, 0.15) is 5.82 Å². The molecule has 0 fully saturated rings. The van der Waals surface area contributed by atoms with Crippen LogP contribution in [0, 0.1) is 0 Å². The van der Waals surface area contributed by atoms with E-state index in [9.17, 15) is 23.1 Å². The topological polar surface area (TPSA) is 64.3 Å². The number of nitrogens with zero attached hydrogens (tertiary/aromatic N) is 2.